The predicted molar refractivity (Wildman–Crippen MR) is 58.9 cm³/mol. The van der Waals surface area contributed by atoms with Gasteiger partial charge in [0.15, 0.2) is 0 Å². The van der Waals surface area contributed by atoms with Gasteiger partial charge in [-0.1, -0.05) is 19.3 Å². The molecule has 0 bridgehead atoms. The van der Waals surface area contributed by atoms with Crippen molar-refractivity contribution in [2.24, 2.45) is 5.92 Å². The van der Waals surface area contributed by atoms with E-state index in [9.17, 15) is 0 Å². The summed E-state index contributed by atoms with van der Waals surface area (Å²) in [6.07, 6.45) is 7.80. The first kappa shape index (κ1) is 9.64. The average Bonchev–Trinajstić information content (AvgIpc) is 2.93. The lowest BCUT2D eigenvalue weighted by Crippen LogP contribution is -2.17. The fourth-order valence-corrected chi connectivity index (χ4v) is 2.48. The predicted octanol–water partition coefficient (Wildman–Crippen LogP) is 2.69. The summed E-state index contributed by atoms with van der Waals surface area (Å²) >= 11 is 5.88. The van der Waals surface area contributed by atoms with Crippen molar-refractivity contribution >= 4 is 11.6 Å². The Morgan fingerprint density at radius 2 is 1.87 bits per heavy atom. The molecule has 1 heterocycles. The standard InChI is InChI=1S/C11H16ClN3/c12-7-11-14-13-10(6-8-2-1-3-8)15(11)9-4-5-9/h8-9H,1-7H2. The summed E-state index contributed by atoms with van der Waals surface area (Å²) in [7, 11) is 0. The first-order valence-electron chi connectivity index (χ1n) is 5.87. The van der Waals surface area contributed by atoms with Crippen molar-refractivity contribution in [3.63, 3.8) is 0 Å². The lowest BCUT2D eigenvalue weighted by Gasteiger charge is -2.24. The molecule has 0 unspecified atom stereocenters. The van der Waals surface area contributed by atoms with E-state index in [1.165, 1.54) is 37.9 Å². The van der Waals surface area contributed by atoms with Gasteiger partial charge in [-0.3, -0.25) is 0 Å². The monoisotopic (exact) mass is 225 g/mol. The molecule has 0 N–H and O–H groups in total. The van der Waals surface area contributed by atoms with E-state index in [1.807, 2.05) is 0 Å². The minimum Gasteiger partial charge on any atom is -0.311 e. The highest BCUT2D eigenvalue weighted by molar-refractivity contribution is 6.16. The van der Waals surface area contributed by atoms with Gasteiger partial charge in [0.2, 0.25) is 0 Å². The van der Waals surface area contributed by atoms with Gasteiger partial charge >= 0.3 is 0 Å². The van der Waals surface area contributed by atoms with Gasteiger partial charge in [0, 0.05) is 12.5 Å². The third-order valence-corrected chi connectivity index (χ3v) is 3.80. The molecule has 0 spiro atoms. The normalized spacial score (nSPS) is 21.7. The van der Waals surface area contributed by atoms with Crippen LogP contribution >= 0.6 is 11.6 Å². The largest absolute Gasteiger partial charge is 0.311 e. The third-order valence-electron chi connectivity index (χ3n) is 3.56. The zero-order chi connectivity index (χ0) is 10.3. The molecule has 2 aliphatic rings. The summed E-state index contributed by atoms with van der Waals surface area (Å²) in [6.45, 7) is 0. The Morgan fingerprint density at radius 1 is 1.13 bits per heavy atom. The molecule has 0 radical (unpaired) electrons. The molecular formula is C11H16ClN3. The van der Waals surface area contributed by atoms with Crippen molar-refractivity contribution in [1.29, 1.82) is 0 Å². The lowest BCUT2D eigenvalue weighted by molar-refractivity contribution is 0.305. The molecule has 82 valence electrons. The van der Waals surface area contributed by atoms with Gasteiger partial charge in [0.05, 0.1) is 5.88 Å². The molecule has 1 aromatic rings. The van der Waals surface area contributed by atoms with Crippen LogP contribution in [0.1, 0.15) is 49.8 Å². The van der Waals surface area contributed by atoms with Crippen LogP contribution < -0.4 is 0 Å². The molecule has 0 saturated heterocycles. The van der Waals surface area contributed by atoms with Crippen molar-refractivity contribution in [2.75, 3.05) is 0 Å². The molecule has 15 heavy (non-hydrogen) atoms. The molecule has 0 amide bonds. The molecule has 2 fully saturated rings. The van der Waals surface area contributed by atoms with Crippen LogP contribution in [0.25, 0.3) is 0 Å². The Balaban J connectivity index is 1.82. The average molecular weight is 226 g/mol. The quantitative estimate of drug-likeness (QED) is 0.738. The second kappa shape index (κ2) is 3.78. The molecule has 4 heteroatoms. The van der Waals surface area contributed by atoms with Gasteiger partial charge in [-0.15, -0.1) is 21.8 Å². The summed E-state index contributed by atoms with van der Waals surface area (Å²) < 4.78 is 2.30. The Bertz CT molecular complexity index is 353. The second-order valence-electron chi connectivity index (χ2n) is 4.77. The molecule has 2 saturated carbocycles. The van der Waals surface area contributed by atoms with Crippen molar-refractivity contribution in [3.8, 4) is 0 Å². The minimum absolute atomic E-state index is 0.494. The highest BCUT2D eigenvalue weighted by atomic mass is 35.5. The summed E-state index contributed by atoms with van der Waals surface area (Å²) in [6, 6.07) is 0.656. The SMILES string of the molecule is ClCc1nnc(CC2CCC2)n1C1CC1. The number of hydrogen-bond acceptors (Lipinski definition) is 2. The first-order chi connectivity index (χ1) is 7.38. The molecular weight excluding hydrogens is 210 g/mol. The number of alkyl halides is 1. The molecule has 3 rings (SSSR count). The maximum absolute atomic E-state index is 5.88. The second-order valence-corrected chi connectivity index (χ2v) is 5.04. The highest BCUT2D eigenvalue weighted by Crippen LogP contribution is 2.38. The lowest BCUT2D eigenvalue weighted by atomic mass is 9.83. The van der Waals surface area contributed by atoms with E-state index < -0.39 is 0 Å². The molecule has 3 nitrogen and oxygen atoms in total. The Labute approximate surface area is 94.8 Å². The third kappa shape index (κ3) is 1.78. The first-order valence-corrected chi connectivity index (χ1v) is 6.40. The van der Waals surface area contributed by atoms with E-state index in [4.69, 9.17) is 11.6 Å². The molecule has 2 aliphatic carbocycles. The van der Waals surface area contributed by atoms with Crippen molar-refractivity contribution in [2.45, 2.75) is 50.4 Å². The van der Waals surface area contributed by atoms with Crippen LogP contribution in [0.4, 0.5) is 0 Å². The van der Waals surface area contributed by atoms with Crippen LogP contribution in [0.2, 0.25) is 0 Å². The maximum Gasteiger partial charge on any atom is 0.148 e. The Morgan fingerprint density at radius 3 is 2.40 bits per heavy atom. The van der Waals surface area contributed by atoms with Gasteiger partial charge < -0.3 is 4.57 Å². The van der Waals surface area contributed by atoms with Crippen LogP contribution in [-0.4, -0.2) is 14.8 Å². The van der Waals surface area contributed by atoms with E-state index in [1.54, 1.807) is 0 Å². The summed E-state index contributed by atoms with van der Waals surface area (Å²) in [4.78, 5) is 0. The van der Waals surface area contributed by atoms with E-state index in [0.717, 1.165) is 18.2 Å². The Hall–Kier alpha value is -0.570. The van der Waals surface area contributed by atoms with Gasteiger partial charge in [-0.25, -0.2) is 0 Å². The summed E-state index contributed by atoms with van der Waals surface area (Å²) in [5.41, 5.74) is 0. The molecule has 0 aliphatic heterocycles. The van der Waals surface area contributed by atoms with Crippen LogP contribution in [0, 0.1) is 5.92 Å². The van der Waals surface area contributed by atoms with Crippen LogP contribution in [0.3, 0.4) is 0 Å². The zero-order valence-electron chi connectivity index (χ0n) is 8.82. The highest BCUT2D eigenvalue weighted by Gasteiger charge is 2.30. The number of rotatable bonds is 4. The van der Waals surface area contributed by atoms with E-state index in [-0.39, 0.29) is 0 Å². The van der Waals surface area contributed by atoms with Crippen molar-refractivity contribution in [1.82, 2.24) is 14.8 Å². The van der Waals surface area contributed by atoms with E-state index in [0.29, 0.717) is 11.9 Å². The number of aromatic nitrogens is 3. The molecule has 0 atom stereocenters. The fourth-order valence-electron chi connectivity index (χ4n) is 2.30. The van der Waals surface area contributed by atoms with Crippen LogP contribution in [0.5, 0.6) is 0 Å². The number of halogens is 1. The summed E-state index contributed by atoms with van der Waals surface area (Å²) in [5, 5.41) is 8.49. The van der Waals surface area contributed by atoms with Gasteiger partial charge in [-0.2, -0.15) is 0 Å². The summed E-state index contributed by atoms with van der Waals surface area (Å²) in [5.74, 6) is 3.50. The number of nitrogens with zero attached hydrogens (tertiary/aromatic N) is 3. The molecule has 1 aromatic heterocycles. The van der Waals surface area contributed by atoms with E-state index >= 15 is 0 Å². The number of hydrogen-bond donors (Lipinski definition) is 0. The smallest absolute Gasteiger partial charge is 0.148 e. The minimum atomic E-state index is 0.494. The topological polar surface area (TPSA) is 30.7 Å². The fraction of sp³-hybridized carbons (Fsp3) is 0.818. The van der Waals surface area contributed by atoms with Crippen LogP contribution in [0.15, 0.2) is 0 Å². The van der Waals surface area contributed by atoms with Gasteiger partial charge in [0.25, 0.3) is 0 Å². The van der Waals surface area contributed by atoms with Gasteiger partial charge in [0.1, 0.15) is 11.6 Å². The van der Waals surface area contributed by atoms with Crippen LogP contribution in [-0.2, 0) is 12.3 Å². The Kier molecular flexibility index (Phi) is 2.43. The van der Waals surface area contributed by atoms with Crippen molar-refractivity contribution in [3.05, 3.63) is 11.6 Å². The molecule has 0 aromatic carbocycles. The van der Waals surface area contributed by atoms with Gasteiger partial charge in [-0.05, 0) is 18.8 Å². The van der Waals surface area contributed by atoms with Crippen molar-refractivity contribution < 1.29 is 0 Å². The zero-order valence-corrected chi connectivity index (χ0v) is 9.58. The van der Waals surface area contributed by atoms with E-state index in [2.05, 4.69) is 14.8 Å². The maximum atomic E-state index is 5.88.